The van der Waals surface area contributed by atoms with E-state index in [4.69, 9.17) is 9.97 Å². The van der Waals surface area contributed by atoms with Crippen molar-refractivity contribution in [1.82, 2.24) is 9.97 Å². The number of fused-ring (bicyclic) bond motifs is 24. The molecule has 0 aliphatic heterocycles. The minimum atomic E-state index is 0.0558. The number of hydrogen-bond donors (Lipinski definition) is 0. The van der Waals surface area contributed by atoms with Crippen LogP contribution in [0.25, 0.3) is 141 Å². The standard InChI is InChI=1S/C43H54N2S4.C29H24S4.C25H22S4/c1-23(2)13-11-15-25(5)17-33-34(18-26(6)16-12-14-24(3)4)45-38-30-21-35(48-40(30)39-29(37(38)44-33)19-27(7)46-39)36-22-32-42(49-36)41-31(43(32,9)10)20-28(8)47-41;1-13-7-17-18(8-14(13)2)20-11-23(32-26(20)25-19(17)9-15(3)30-25)24-12-22-28(33-24)27-21(29(22,5)6)10-16(4)31-27;1-11-7-15-13(3)14(4)16-9-19(28-22(16)21(15)26-11)20-10-18-24(29-20)23-17(25(18,5)6)8-12(2)27-23/h19-26H,11-18H2,1-10H3;7-12H,1-6H3;7-10H,1-6H3/t25-,26-;;/m1../s1. The van der Waals surface area contributed by atoms with Gasteiger partial charge in [0.1, 0.15) is 0 Å². The zero-order valence-corrected chi connectivity index (χ0v) is 78.1. The molecule has 0 saturated carbocycles. The maximum atomic E-state index is 5.67. The fraction of sp³-hybridized carbons (Fsp3) is 0.381. The van der Waals surface area contributed by atoms with Crippen molar-refractivity contribution in [3.63, 3.8) is 0 Å². The molecule has 13 heterocycles. The zero-order chi connectivity index (χ0) is 77.8. The van der Waals surface area contributed by atoms with Crippen molar-refractivity contribution < 1.29 is 0 Å². The molecule has 14 heteroatoms. The number of rotatable bonds is 15. The molecule has 13 aromatic heterocycles. The van der Waals surface area contributed by atoms with Crippen LogP contribution in [0.4, 0.5) is 0 Å². The summed E-state index contributed by atoms with van der Waals surface area (Å²) in [6.45, 7) is 51.1. The molecule has 4 aromatic carbocycles. The zero-order valence-electron chi connectivity index (χ0n) is 68.3. The van der Waals surface area contributed by atoms with E-state index in [9.17, 15) is 0 Å². The minimum absolute atomic E-state index is 0.0558. The van der Waals surface area contributed by atoms with Crippen molar-refractivity contribution in [3.05, 3.63) is 181 Å². The van der Waals surface area contributed by atoms with Gasteiger partial charge in [-0.15, -0.1) is 136 Å². The highest BCUT2D eigenvalue weighted by molar-refractivity contribution is 7.34. The molecule has 0 spiro atoms. The van der Waals surface area contributed by atoms with E-state index in [2.05, 4.69) is 237 Å². The monoisotopic (exact) mass is 1680 g/mol. The van der Waals surface area contributed by atoms with E-state index in [0.717, 1.165) is 35.7 Å². The Hall–Kier alpha value is -5.56. The van der Waals surface area contributed by atoms with E-state index >= 15 is 0 Å². The predicted molar refractivity (Wildman–Crippen MR) is 509 cm³/mol. The normalized spacial score (nSPS) is 15.0. The van der Waals surface area contributed by atoms with Gasteiger partial charge >= 0.3 is 0 Å². The summed E-state index contributed by atoms with van der Waals surface area (Å²) < 4.78 is 8.62. The lowest BCUT2D eigenvalue weighted by Crippen LogP contribution is -2.13. The van der Waals surface area contributed by atoms with E-state index in [1.165, 1.54) is 265 Å². The molecule has 0 unspecified atom stereocenters. The Labute approximate surface area is 704 Å². The van der Waals surface area contributed by atoms with Gasteiger partial charge in [0.15, 0.2) is 0 Å². The number of aryl methyl sites for hydroxylation is 10. The van der Waals surface area contributed by atoms with Gasteiger partial charge in [0.2, 0.25) is 0 Å². The summed E-state index contributed by atoms with van der Waals surface area (Å²) >= 11 is 23.6. The number of nitrogens with zero attached hydrogens (tertiary/aromatic N) is 2. The molecular weight excluding hydrogens is 1580 g/mol. The van der Waals surface area contributed by atoms with E-state index in [-0.39, 0.29) is 16.2 Å². The summed E-state index contributed by atoms with van der Waals surface area (Å²) in [5.74, 6) is 2.74. The summed E-state index contributed by atoms with van der Waals surface area (Å²) in [6, 6.07) is 34.0. The molecule has 2 nitrogen and oxygen atoms in total. The third kappa shape index (κ3) is 13.0. The van der Waals surface area contributed by atoms with Crippen LogP contribution in [0.1, 0.15) is 218 Å². The van der Waals surface area contributed by atoms with Crippen LogP contribution in [0.5, 0.6) is 0 Å². The highest BCUT2D eigenvalue weighted by Crippen LogP contribution is 2.62. The van der Waals surface area contributed by atoms with Gasteiger partial charge in [0.25, 0.3) is 0 Å². The third-order valence-electron chi connectivity index (χ3n) is 24.7. The van der Waals surface area contributed by atoms with Crippen molar-refractivity contribution >= 4 is 218 Å². The highest BCUT2D eigenvalue weighted by atomic mass is 32.1. The van der Waals surface area contributed by atoms with Gasteiger partial charge in [0, 0.05) is 126 Å². The lowest BCUT2D eigenvalue weighted by Gasteiger charge is -2.18. The third-order valence-corrected chi connectivity index (χ3v) is 39.4. The van der Waals surface area contributed by atoms with Gasteiger partial charge < -0.3 is 0 Å². The van der Waals surface area contributed by atoms with Crippen molar-refractivity contribution in [3.8, 4) is 58.5 Å². The first kappa shape index (κ1) is 76.7. The Balaban J connectivity index is 0.000000121. The van der Waals surface area contributed by atoms with Gasteiger partial charge in [-0.1, -0.05) is 134 Å². The number of aromatic nitrogens is 2. The van der Waals surface area contributed by atoms with Crippen LogP contribution >= 0.6 is 136 Å². The molecule has 3 aliphatic rings. The molecule has 0 fully saturated rings. The first-order valence-electron chi connectivity index (χ1n) is 40.0. The largest absolute Gasteiger partial charge is 0.249 e. The average Bonchev–Trinajstić information content (AvgIpc) is 1.58. The maximum absolute atomic E-state index is 5.67. The van der Waals surface area contributed by atoms with Gasteiger partial charge in [-0.25, -0.2) is 9.97 Å². The lowest BCUT2D eigenvalue weighted by molar-refractivity contribution is 0.441. The van der Waals surface area contributed by atoms with Crippen molar-refractivity contribution in [2.24, 2.45) is 23.7 Å². The summed E-state index contributed by atoms with van der Waals surface area (Å²) in [7, 11) is 0. The molecule has 570 valence electrons. The quantitative estimate of drug-likeness (QED) is 0.102. The molecule has 0 saturated heterocycles. The van der Waals surface area contributed by atoms with Gasteiger partial charge in [-0.3, -0.25) is 0 Å². The molecule has 111 heavy (non-hydrogen) atoms. The summed E-state index contributed by atoms with van der Waals surface area (Å²) in [5.41, 5.74) is 19.7. The van der Waals surface area contributed by atoms with Crippen molar-refractivity contribution in [2.75, 3.05) is 0 Å². The molecule has 2 atom stereocenters. The van der Waals surface area contributed by atoms with Gasteiger partial charge in [-0.2, -0.15) is 0 Å². The van der Waals surface area contributed by atoms with Crippen LogP contribution < -0.4 is 0 Å². The molecule has 3 aliphatic carbocycles. The Morgan fingerprint density at radius 3 is 0.946 bits per heavy atom. The van der Waals surface area contributed by atoms with E-state index in [1.54, 1.807) is 0 Å². The Kier molecular flexibility index (Phi) is 19.6. The molecule has 0 bridgehead atoms. The van der Waals surface area contributed by atoms with Gasteiger partial charge in [-0.05, 0) is 256 Å². The topological polar surface area (TPSA) is 25.8 Å². The van der Waals surface area contributed by atoms with Crippen molar-refractivity contribution in [1.29, 1.82) is 0 Å². The molecule has 0 amide bonds. The smallest absolute Gasteiger partial charge is 0.0984 e. The molecule has 0 N–H and O–H groups in total. The minimum Gasteiger partial charge on any atom is -0.249 e. The summed E-state index contributed by atoms with van der Waals surface area (Å²) in [6.07, 6.45) is 9.75. The van der Waals surface area contributed by atoms with Crippen LogP contribution in [0.2, 0.25) is 0 Å². The highest BCUT2D eigenvalue weighted by Gasteiger charge is 2.43. The van der Waals surface area contributed by atoms with Crippen LogP contribution in [0, 0.1) is 92.9 Å². The molecule has 20 rings (SSSR count). The lowest BCUT2D eigenvalue weighted by atomic mass is 9.84. The Morgan fingerprint density at radius 1 is 0.270 bits per heavy atom. The van der Waals surface area contributed by atoms with Crippen LogP contribution in [0.3, 0.4) is 0 Å². The SMILES string of the molecule is Cc1cc2c(s1)-c1sc(-c3cc4c(C)c(C)c5cc(C)sc5c4s3)cc1C2(C)C.Cc1cc2c(s1)-c1sc(-c3cc4c5cc(C)c(C)cc5c5cc(C)sc5c4s3)cc1C2(C)C.Cc1cc2c(s1)-c1sc(-c3cc4c5nc(C[C@H](C)CCCC(C)C)c(C[C@H](C)CCCC(C)C)nc5c5cc(C)sc5c4s3)cc1C2(C)C. The van der Waals surface area contributed by atoms with Gasteiger partial charge in [0.05, 0.1) is 50.6 Å². The second-order valence-electron chi connectivity index (χ2n) is 35.4. The average molecular weight is 1680 g/mol. The van der Waals surface area contributed by atoms with E-state index in [0.29, 0.717) is 11.8 Å². The number of benzene rings is 4. The Morgan fingerprint density at radius 2 is 0.541 bits per heavy atom. The molecule has 17 aromatic rings. The number of thiophene rings is 12. The van der Waals surface area contributed by atoms with Crippen LogP contribution in [-0.2, 0) is 29.1 Å². The fourth-order valence-electron chi connectivity index (χ4n) is 18.2. The summed E-state index contributed by atoms with van der Waals surface area (Å²) in [4.78, 5) is 37.1. The van der Waals surface area contributed by atoms with Crippen LogP contribution in [0.15, 0.2) is 84.9 Å². The number of hydrogen-bond acceptors (Lipinski definition) is 14. The Bertz CT molecular complexity index is 6620. The van der Waals surface area contributed by atoms with Crippen molar-refractivity contribution in [2.45, 2.75) is 220 Å². The second kappa shape index (κ2) is 28.4. The van der Waals surface area contributed by atoms with E-state index in [1.807, 2.05) is 136 Å². The maximum Gasteiger partial charge on any atom is 0.0984 e. The predicted octanol–water partition coefficient (Wildman–Crippen LogP) is 34.8. The first-order chi connectivity index (χ1) is 52.8. The molecule has 0 radical (unpaired) electrons. The van der Waals surface area contributed by atoms with E-state index < -0.39 is 0 Å². The summed E-state index contributed by atoms with van der Waals surface area (Å²) in [5, 5.41) is 11.1. The first-order valence-corrected chi connectivity index (χ1v) is 49.8. The molecular formula is C97H100N2S12. The van der Waals surface area contributed by atoms with Crippen LogP contribution in [-0.4, -0.2) is 9.97 Å². The fourth-order valence-corrected chi connectivity index (χ4v) is 33.5. The second-order valence-corrected chi connectivity index (χ2v) is 49.3.